The van der Waals surface area contributed by atoms with Crippen LogP contribution in [0.15, 0.2) is 18.3 Å². The van der Waals surface area contributed by atoms with Crippen molar-refractivity contribution in [1.82, 2.24) is 0 Å². The van der Waals surface area contributed by atoms with Gasteiger partial charge in [-0.05, 0) is 19.4 Å². The van der Waals surface area contributed by atoms with Gasteiger partial charge in [0, 0.05) is 25.0 Å². The van der Waals surface area contributed by atoms with E-state index in [4.69, 9.17) is 0 Å². The van der Waals surface area contributed by atoms with E-state index in [2.05, 4.69) is 43.7 Å². The largest absolute Gasteiger partial charge is 1.00 e. The Kier molecular flexibility index (Phi) is 17.4. The first-order valence-electron chi connectivity index (χ1n) is 11.2. The Hall–Kier alpha value is -0.560. The zero-order valence-electron chi connectivity index (χ0n) is 17.9. The molecule has 0 aromatic carbocycles. The number of pyridine rings is 1. The molecule has 0 saturated carbocycles. The van der Waals surface area contributed by atoms with Crippen molar-refractivity contribution in [3.63, 3.8) is 0 Å². The van der Waals surface area contributed by atoms with Crippen LogP contribution in [0.3, 0.4) is 0 Å². The Bertz CT molecular complexity index is 430. The van der Waals surface area contributed by atoms with Gasteiger partial charge < -0.3 is 12.4 Å². The topological polar surface area (TPSA) is 3.88 Å². The van der Waals surface area contributed by atoms with Crippen LogP contribution in [0.2, 0.25) is 0 Å². The lowest BCUT2D eigenvalue weighted by molar-refractivity contribution is -0.703. The van der Waals surface area contributed by atoms with Crippen molar-refractivity contribution in [1.29, 1.82) is 0 Å². The summed E-state index contributed by atoms with van der Waals surface area (Å²) >= 11 is 0. The Morgan fingerprint density at radius 2 is 1.08 bits per heavy atom. The molecule has 0 fully saturated rings. The molecule has 1 aromatic heterocycles. The third kappa shape index (κ3) is 12.7. The average Bonchev–Trinajstić information content (AvgIpc) is 2.61. The van der Waals surface area contributed by atoms with Crippen molar-refractivity contribution in [3.8, 4) is 0 Å². The van der Waals surface area contributed by atoms with Gasteiger partial charge in [-0.3, -0.25) is 0 Å². The number of aryl methyl sites for hydroxylation is 2. The number of hydrogen-bond donors (Lipinski definition) is 0. The molecular formula is C24H44ClN. The van der Waals surface area contributed by atoms with Crippen molar-refractivity contribution in [3.05, 3.63) is 29.6 Å². The Labute approximate surface area is 170 Å². The molecule has 26 heavy (non-hydrogen) atoms. The lowest BCUT2D eigenvalue weighted by atomic mass is 10.0. The van der Waals surface area contributed by atoms with Gasteiger partial charge in [0.05, 0.1) is 0 Å². The van der Waals surface area contributed by atoms with Crippen LogP contribution in [-0.4, -0.2) is 0 Å². The van der Waals surface area contributed by atoms with E-state index in [0.29, 0.717) is 0 Å². The van der Waals surface area contributed by atoms with Gasteiger partial charge in [0.25, 0.3) is 0 Å². The molecule has 0 N–H and O–H groups in total. The van der Waals surface area contributed by atoms with Gasteiger partial charge in [-0.2, -0.15) is 0 Å². The van der Waals surface area contributed by atoms with Crippen molar-refractivity contribution in [2.24, 2.45) is 0 Å². The fourth-order valence-corrected chi connectivity index (χ4v) is 3.65. The summed E-state index contributed by atoms with van der Waals surface area (Å²) in [6, 6.07) is 4.38. The molecule has 0 aliphatic heterocycles. The Morgan fingerprint density at radius 1 is 0.654 bits per heavy atom. The van der Waals surface area contributed by atoms with Gasteiger partial charge in [-0.15, -0.1) is 0 Å². The second kappa shape index (κ2) is 17.8. The third-order valence-corrected chi connectivity index (χ3v) is 5.62. The van der Waals surface area contributed by atoms with Crippen LogP contribution < -0.4 is 17.0 Å². The summed E-state index contributed by atoms with van der Waals surface area (Å²) in [5.41, 5.74) is 2.83. The fourth-order valence-electron chi connectivity index (χ4n) is 3.65. The molecule has 0 radical (unpaired) electrons. The number of aromatic nitrogens is 1. The minimum Gasteiger partial charge on any atom is -1.00 e. The number of unbranched alkanes of at least 4 members (excludes halogenated alkanes) is 14. The summed E-state index contributed by atoms with van der Waals surface area (Å²) in [7, 11) is 0. The van der Waals surface area contributed by atoms with Crippen LogP contribution in [0.25, 0.3) is 0 Å². The lowest BCUT2D eigenvalue weighted by Gasteiger charge is -2.04. The monoisotopic (exact) mass is 381 g/mol. The Morgan fingerprint density at radius 3 is 1.54 bits per heavy atom. The smallest absolute Gasteiger partial charge is 0.181 e. The average molecular weight is 382 g/mol. The van der Waals surface area contributed by atoms with Crippen molar-refractivity contribution in [2.75, 3.05) is 0 Å². The molecule has 0 spiro atoms. The van der Waals surface area contributed by atoms with Crippen molar-refractivity contribution < 1.29 is 17.0 Å². The van der Waals surface area contributed by atoms with Crippen LogP contribution in [-0.2, 0) is 6.54 Å². The predicted molar refractivity (Wildman–Crippen MR) is 111 cm³/mol. The predicted octanol–water partition coefficient (Wildman–Crippen LogP) is 4.47. The molecule has 0 bridgehead atoms. The van der Waals surface area contributed by atoms with E-state index in [1.807, 2.05) is 0 Å². The van der Waals surface area contributed by atoms with E-state index in [0.717, 1.165) is 0 Å². The summed E-state index contributed by atoms with van der Waals surface area (Å²) < 4.78 is 2.41. The normalized spacial score (nSPS) is 10.7. The number of nitrogens with zero attached hydrogens (tertiary/aromatic N) is 1. The van der Waals surface area contributed by atoms with Crippen LogP contribution in [0.5, 0.6) is 0 Å². The number of hydrogen-bond acceptors (Lipinski definition) is 0. The van der Waals surface area contributed by atoms with E-state index >= 15 is 0 Å². The fraction of sp³-hybridized carbons (Fsp3) is 0.792. The number of halogens is 1. The highest BCUT2D eigenvalue weighted by atomic mass is 35.5. The molecule has 1 aromatic rings. The van der Waals surface area contributed by atoms with E-state index in [9.17, 15) is 0 Å². The highest BCUT2D eigenvalue weighted by Crippen LogP contribution is 2.13. The van der Waals surface area contributed by atoms with Crippen molar-refractivity contribution in [2.45, 2.75) is 124 Å². The maximum atomic E-state index is 2.41. The zero-order valence-corrected chi connectivity index (χ0v) is 18.6. The number of rotatable bonds is 16. The van der Waals surface area contributed by atoms with Gasteiger partial charge in [0.1, 0.15) is 6.54 Å². The summed E-state index contributed by atoms with van der Waals surface area (Å²) in [4.78, 5) is 0. The molecule has 0 unspecified atom stereocenters. The molecule has 1 heterocycles. The molecule has 1 nitrogen and oxygen atoms in total. The van der Waals surface area contributed by atoms with Crippen LogP contribution >= 0.6 is 0 Å². The van der Waals surface area contributed by atoms with Gasteiger partial charge in [0.15, 0.2) is 11.9 Å². The quantitative estimate of drug-likeness (QED) is 0.294. The second-order valence-corrected chi connectivity index (χ2v) is 7.92. The molecule has 0 saturated heterocycles. The molecule has 152 valence electrons. The molecule has 0 amide bonds. The lowest BCUT2D eigenvalue weighted by Crippen LogP contribution is -3.00. The zero-order chi connectivity index (χ0) is 18.2. The van der Waals surface area contributed by atoms with E-state index in [-0.39, 0.29) is 12.4 Å². The minimum absolute atomic E-state index is 0. The SMILES string of the molecule is CCCCCCCCCCCCCCCCC[n+]1cccc(C)c1C.[Cl-]. The molecule has 0 aliphatic rings. The Balaban J connectivity index is 0.00000625. The summed E-state index contributed by atoms with van der Waals surface area (Å²) in [5.74, 6) is 0. The maximum absolute atomic E-state index is 2.41. The highest BCUT2D eigenvalue weighted by molar-refractivity contribution is 5.11. The maximum Gasteiger partial charge on any atom is 0.181 e. The highest BCUT2D eigenvalue weighted by Gasteiger charge is 2.07. The minimum atomic E-state index is 0. The molecule has 0 aliphatic carbocycles. The van der Waals surface area contributed by atoms with E-state index in [1.165, 1.54) is 114 Å². The van der Waals surface area contributed by atoms with Crippen LogP contribution in [0.4, 0.5) is 0 Å². The van der Waals surface area contributed by atoms with Gasteiger partial charge in [-0.25, -0.2) is 4.57 Å². The van der Waals surface area contributed by atoms with Crippen LogP contribution in [0, 0.1) is 13.8 Å². The molecule has 2 heteroatoms. The summed E-state index contributed by atoms with van der Waals surface area (Å²) in [5, 5.41) is 0. The first-order chi connectivity index (χ1) is 12.3. The van der Waals surface area contributed by atoms with Gasteiger partial charge in [-0.1, -0.05) is 90.4 Å². The molecule has 0 atom stereocenters. The van der Waals surface area contributed by atoms with Gasteiger partial charge >= 0.3 is 0 Å². The summed E-state index contributed by atoms with van der Waals surface area (Å²) in [6.45, 7) is 7.93. The second-order valence-electron chi connectivity index (χ2n) is 7.92. The molecule has 1 rings (SSSR count). The first kappa shape index (κ1) is 25.4. The van der Waals surface area contributed by atoms with Gasteiger partial charge in [0.2, 0.25) is 0 Å². The first-order valence-corrected chi connectivity index (χ1v) is 11.2. The van der Waals surface area contributed by atoms with Crippen LogP contribution in [0.1, 0.15) is 114 Å². The van der Waals surface area contributed by atoms with E-state index < -0.39 is 0 Å². The third-order valence-electron chi connectivity index (χ3n) is 5.62. The summed E-state index contributed by atoms with van der Waals surface area (Å²) in [6.07, 6.45) is 23.8. The molecular weight excluding hydrogens is 338 g/mol. The standard InChI is InChI=1S/C24H44N.ClH/c1-4-5-6-7-8-9-10-11-12-13-14-15-16-17-18-21-25-22-19-20-23(2)24(25)3;/h19-20,22H,4-18,21H2,1-3H3;1H/q+1;/p-1. The van der Waals surface area contributed by atoms with E-state index in [1.54, 1.807) is 0 Å². The van der Waals surface area contributed by atoms with Crippen molar-refractivity contribution >= 4 is 0 Å².